The summed E-state index contributed by atoms with van der Waals surface area (Å²) < 4.78 is 0. The summed E-state index contributed by atoms with van der Waals surface area (Å²) in [5.41, 5.74) is -0.251. The Morgan fingerprint density at radius 3 is 2.38 bits per heavy atom. The molecule has 82 valence electrons. The molecule has 2 rings (SSSR count). The number of Topliss-reactive ketones (excluding diaryl/α,β-unsaturated/α-hetero) is 1. The van der Waals surface area contributed by atoms with Crippen LogP contribution in [0, 0.1) is 6.92 Å². The Balaban J connectivity index is 2.83. The van der Waals surface area contributed by atoms with Gasteiger partial charge in [0.1, 0.15) is 11.5 Å². The molecular weight excluding hydrogens is 212 g/mol. The Morgan fingerprint density at radius 2 is 1.75 bits per heavy atom. The second kappa shape index (κ2) is 3.10. The lowest BCUT2D eigenvalue weighted by molar-refractivity contribution is 0.0937. The standard InChI is InChI=1S/C11H8O5/c1-4-6(12)2-5-9(10(4)15)7(13)3-8(14)11(5)16/h2-3,12,14-15H,1H3. The molecule has 0 heterocycles. The minimum atomic E-state index is -0.791. The van der Waals surface area contributed by atoms with Gasteiger partial charge in [-0.3, -0.25) is 9.59 Å². The molecule has 0 unspecified atom stereocenters. The number of carbonyl (C=O) groups is 2. The molecule has 0 saturated carbocycles. The average Bonchev–Trinajstić information content (AvgIpc) is 2.22. The van der Waals surface area contributed by atoms with Crippen molar-refractivity contribution in [2.45, 2.75) is 6.92 Å². The number of ketones is 2. The van der Waals surface area contributed by atoms with E-state index in [0.29, 0.717) is 0 Å². The predicted octanol–water partition coefficient (Wildman–Crippen LogP) is 1.23. The van der Waals surface area contributed by atoms with Crippen LogP contribution in [0.3, 0.4) is 0 Å². The lowest BCUT2D eigenvalue weighted by atomic mass is 9.90. The number of aliphatic hydroxyl groups excluding tert-OH is 1. The molecule has 5 nitrogen and oxygen atoms in total. The number of allylic oxidation sites excluding steroid dienone is 2. The molecule has 16 heavy (non-hydrogen) atoms. The van der Waals surface area contributed by atoms with E-state index in [1.54, 1.807) is 0 Å². The van der Waals surface area contributed by atoms with Gasteiger partial charge >= 0.3 is 0 Å². The zero-order valence-corrected chi connectivity index (χ0v) is 8.31. The van der Waals surface area contributed by atoms with Crippen LogP contribution in [-0.2, 0) is 0 Å². The molecule has 5 heteroatoms. The highest BCUT2D eigenvalue weighted by Crippen LogP contribution is 2.36. The van der Waals surface area contributed by atoms with Crippen LogP contribution in [0.4, 0.5) is 0 Å². The van der Waals surface area contributed by atoms with E-state index in [1.165, 1.54) is 6.92 Å². The first-order valence-corrected chi connectivity index (χ1v) is 4.48. The zero-order chi connectivity index (χ0) is 12.0. The van der Waals surface area contributed by atoms with Gasteiger partial charge in [-0.15, -0.1) is 0 Å². The van der Waals surface area contributed by atoms with E-state index in [1.807, 2.05) is 0 Å². The van der Waals surface area contributed by atoms with Gasteiger partial charge in [0, 0.05) is 17.2 Å². The number of aromatic hydroxyl groups is 2. The summed E-state index contributed by atoms with van der Waals surface area (Å²) in [4.78, 5) is 23.0. The molecule has 0 atom stereocenters. The fourth-order valence-corrected chi connectivity index (χ4v) is 1.58. The lowest BCUT2D eigenvalue weighted by Crippen LogP contribution is -2.17. The van der Waals surface area contributed by atoms with Gasteiger partial charge in [0.15, 0.2) is 11.5 Å². The Labute approximate surface area is 90.3 Å². The normalized spacial score (nSPS) is 14.7. The van der Waals surface area contributed by atoms with Crippen molar-refractivity contribution in [2.24, 2.45) is 0 Å². The van der Waals surface area contributed by atoms with Gasteiger partial charge in [0.25, 0.3) is 0 Å². The van der Waals surface area contributed by atoms with Gasteiger partial charge < -0.3 is 15.3 Å². The molecule has 0 radical (unpaired) electrons. The first-order chi connectivity index (χ1) is 7.43. The van der Waals surface area contributed by atoms with Crippen molar-refractivity contribution in [3.63, 3.8) is 0 Å². The topological polar surface area (TPSA) is 94.8 Å². The number of hydrogen-bond acceptors (Lipinski definition) is 5. The van der Waals surface area contributed by atoms with Crippen LogP contribution >= 0.6 is 0 Å². The smallest absolute Gasteiger partial charge is 0.228 e. The molecule has 1 aliphatic carbocycles. The van der Waals surface area contributed by atoms with Gasteiger partial charge in [0.05, 0.1) is 5.56 Å². The van der Waals surface area contributed by atoms with Crippen molar-refractivity contribution < 1.29 is 24.9 Å². The van der Waals surface area contributed by atoms with Crippen LogP contribution in [0.5, 0.6) is 11.5 Å². The number of phenols is 2. The Kier molecular flexibility index (Phi) is 1.98. The van der Waals surface area contributed by atoms with Crippen LogP contribution < -0.4 is 0 Å². The van der Waals surface area contributed by atoms with Crippen LogP contribution in [0.1, 0.15) is 26.3 Å². The van der Waals surface area contributed by atoms with Gasteiger partial charge in [-0.1, -0.05) is 0 Å². The summed E-state index contributed by atoms with van der Waals surface area (Å²) in [5, 5.41) is 28.2. The number of benzene rings is 1. The Morgan fingerprint density at radius 1 is 1.12 bits per heavy atom. The number of fused-ring (bicyclic) bond motifs is 1. The number of aliphatic hydroxyl groups is 1. The van der Waals surface area contributed by atoms with Gasteiger partial charge in [0.2, 0.25) is 5.78 Å². The van der Waals surface area contributed by atoms with Crippen molar-refractivity contribution >= 4 is 11.6 Å². The maximum atomic E-state index is 11.5. The summed E-state index contributed by atoms with van der Waals surface area (Å²) >= 11 is 0. The maximum Gasteiger partial charge on any atom is 0.228 e. The summed E-state index contributed by atoms with van der Waals surface area (Å²) in [6, 6.07) is 1.06. The monoisotopic (exact) mass is 220 g/mol. The molecule has 0 aliphatic heterocycles. The largest absolute Gasteiger partial charge is 0.508 e. The van der Waals surface area contributed by atoms with E-state index in [-0.39, 0.29) is 22.4 Å². The molecule has 0 aromatic heterocycles. The highest BCUT2D eigenvalue weighted by Gasteiger charge is 2.30. The third-order valence-corrected chi connectivity index (χ3v) is 2.52. The third kappa shape index (κ3) is 1.18. The second-order valence-electron chi connectivity index (χ2n) is 3.51. The van der Waals surface area contributed by atoms with Crippen molar-refractivity contribution in [1.29, 1.82) is 0 Å². The van der Waals surface area contributed by atoms with E-state index in [9.17, 15) is 24.9 Å². The molecule has 3 N–H and O–H groups in total. The van der Waals surface area contributed by atoms with Crippen molar-refractivity contribution in [3.8, 4) is 11.5 Å². The molecule has 1 aromatic rings. The minimum absolute atomic E-state index is 0.120. The summed E-state index contributed by atoms with van der Waals surface area (Å²) in [7, 11) is 0. The van der Waals surface area contributed by atoms with Crippen LogP contribution in [0.15, 0.2) is 17.9 Å². The SMILES string of the molecule is Cc1c(O)cc2c(c1O)C(=O)C=C(O)C2=O. The third-order valence-electron chi connectivity index (χ3n) is 2.52. The lowest BCUT2D eigenvalue weighted by Gasteiger charge is -2.15. The molecule has 0 bridgehead atoms. The first-order valence-electron chi connectivity index (χ1n) is 4.48. The van der Waals surface area contributed by atoms with Crippen molar-refractivity contribution in [3.05, 3.63) is 34.6 Å². The average molecular weight is 220 g/mol. The fraction of sp³-hybridized carbons (Fsp3) is 0.0909. The fourth-order valence-electron chi connectivity index (χ4n) is 1.58. The van der Waals surface area contributed by atoms with Gasteiger partial charge in [-0.25, -0.2) is 0 Å². The van der Waals surface area contributed by atoms with Gasteiger partial charge in [-0.2, -0.15) is 0 Å². The number of hydrogen-bond donors (Lipinski definition) is 3. The highest BCUT2D eigenvalue weighted by molar-refractivity contribution is 6.24. The molecular formula is C11H8O5. The Bertz CT molecular complexity index is 554. The van der Waals surface area contributed by atoms with Gasteiger partial charge in [-0.05, 0) is 13.0 Å². The molecule has 1 aliphatic rings. The molecule has 0 spiro atoms. The quantitative estimate of drug-likeness (QED) is 0.611. The van der Waals surface area contributed by atoms with Crippen LogP contribution in [0.25, 0.3) is 0 Å². The number of carbonyl (C=O) groups excluding carboxylic acids is 2. The van der Waals surface area contributed by atoms with Crippen LogP contribution in [-0.4, -0.2) is 26.9 Å². The second-order valence-corrected chi connectivity index (χ2v) is 3.51. The van der Waals surface area contributed by atoms with Crippen LogP contribution in [0.2, 0.25) is 0 Å². The molecule has 0 amide bonds. The Hall–Kier alpha value is -2.30. The maximum absolute atomic E-state index is 11.5. The number of rotatable bonds is 0. The minimum Gasteiger partial charge on any atom is -0.508 e. The summed E-state index contributed by atoms with van der Waals surface area (Å²) in [6.07, 6.45) is 0.751. The van der Waals surface area contributed by atoms with Crippen molar-refractivity contribution in [1.82, 2.24) is 0 Å². The molecule has 1 aromatic carbocycles. The van der Waals surface area contributed by atoms with E-state index in [4.69, 9.17) is 0 Å². The number of phenolic OH excluding ortho intramolecular Hbond substituents is 2. The highest BCUT2D eigenvalue weighted by atomic mass is 16.3. The van der Waals surface area contributed by atoms with E-state index >= 15 is 0 Å². The zero-order valence-electron chi connectivity index (χ0n) is 8.31. The van der Waals surface area contributed by atoms with E-state index in [0.717, 1.165) is 12.1 Å². The van der Waals surface area contributed by atoms with Crippen molar-refractivity contribution in [2.75, 3.05) is 0 Å². The summed E-state index contributed by atoms with van der Waals surface area (Å²) in [6.45, 7) is 1.42. The molecule has 0 saturated heterocycles. The first kappa shape index (κ1) is 10.2. The van der Waals surface area contributed by atoms with E-state index < -0.39 is 23.1 Å². The van der Waals surface area contributed by atoms with E-state index in [2.05, 4.69) is 0 Å². The summed E-state index contributed by atoms with van der Waals surface area (Å²) in [5.74, 6) is -2.88. The predicted molar refractivity (Wildman–Crippen MR) is 53.9 cm³/mol. The molecule has 0 fully saturated rings.